The van der Waals surface area contributed by atoms with Gasteiger partial charge in [0.15, 0.2) is 6.29 Å². The van der Waals surface area contributed by atoms with Crippen LogP contribution in [0.15, 0.2) is 58.3 Å². The Balaban J connectivity index is 2.13. The predicted octanol–water partition coefficient (Wildman–Crippen LogP) is 3.41. The van der Waals surface area contributed by atoms with E-state index in [0.717, 1.165) is 5.56 Å². The Bertz CT molecular complexity index is 1070. The molecule has 8 heteroatoms. The third kappa shape index (κ3) is 4.50. The molecule has 0 unspecified atom stereocenters. The van der Waals surface area contributed by atoms with E-state index in [9.17, 15) is 9.18 Å². The van der Waals surface area contributed by atoms with Crippen molar-refractivity contribution in [1.29, 1.82) is 0 Å². The van der Waals surface area contributed by atoms with E-state index < -0.39 is 6.29 Å². The average Bonchev–Trinajstić information content (AvgIpc) is 3.12. The Morgan fingerprint density at radius 2 is 1.70 bits per heavy atom. The number of H-pyrrole nitrogens is 1. The fourth-order valence-electron chi connectivity index (χ4n) is 3.05. The zero-order valence-electron chi connectivity index (χ0n) is 17.3. The largest absolute Gasteiger partial charge is 0.497 e. The van der Waals surface area contributed by atoms with Crippen LogP contribution in [0, 0.1) is 5.82 Å². The van der Waals surface area contributed by atoms with Crippen LogP contribution in [-0.4, -0.2) is 49.7 Å². The molecule has 0 radical (unpaired) electrons. The molecule has 0 aliphatic carbocycles. The quantitative estimate of drug-likeness (QED) is 0.454. The standard InChI is InChI=1S/C22H24FN3O4/c1-14(24-13-19(29-3)30-4)20-21(15-5-11-18(28-2)12-6-15)25-26(22(20)27)17-9-7-16(23)8-10-17/h5-12,19,25H,13H2,1-4H3. The molecule has 0 atom stereocenters. The molecule has 1 N–H and O–H groups in total. The summed E-state index contributed by atoms with van der Waals surface area (Å²) in [6.45, 7) is 2.00. The molecule has 3 rings (SSSR count). The minimum absolute atomic E-state index is 0.238. The van der Waals surface area contributed by atoms with E-state index in [0.29, 0.717) is 28.4 Å². The lowest BCUT2D eigenvalue weighted by molar-refractivity contribution is -0.0936. The van der Waals surface area contributed by atoms with E-state index in [-0.39, 0.29) is 17.9 Å². The molecule has 3 aromatic rings. The maximum absolute atomic E-state index is 13.3. The number of aliphatic imine (C=N–C) groups is 1. The van der Waals surface area contributed by atoms with E-state index in [1.807, 2.05) is 24.3 Å². The Morgan fingerprint density at radius 1 is 1.07 bits per heavy atom. The summed E-state index contributed by atoms with van der Waals surface area (Å²) in [7, 11) is 4.64. The molecule has 30 heavy (non-hydrogen) atoms. The highest BCUT2D eigenvalue weighted by Gasteiger charge is 2.20. The average molecular weight is 413 g/mol. The number of nitrogens with zero attached hydrogens (tertiary/aromatic N) is 2. The van der Waals surface area contributed by atoms with Gasteiger partial charge in [0.25, 0.3) is 5.56 Å². The zero-order valence-corrected chi connectivity index (χ0v) is 17.3. The summed E-state index contributed by atoms with van der Waals surface area (Å²) in [5.41, 5.74) is 2.55. The first-order valence-corrected chi connectivity index (χ1v) is 9.31. The van der Waals surface area contributed by atoms with Gasteiger partial charge in [-0.15, -0.1) is 0 Å². The summed E-state index contributed by atoms with van der Waals surface area (Å²) in [6.07, 6.45) is -0.511. The smallest absolute Gasteiger partial charge is 0.280 e. The van der Waals surface area contributed by atoms with Crippen LogP contribution in [0.4, 0.5) is 4.39 Å². The second-order valence-corrected chi connectivity index (χ2v) is 6.53. The highest BCUT2D eigenvalue weighted by molar-refractivity contribution is 6.03. The van der Waals surface area contributed by atoms with Crippen LogP contribution in [-0.2, 0) is 9.47 Å². The first-order chi connectivity index (χ1) is 14.5. The molecule has 0 saturated heterocycles. The molecule has 0 saturated carbocycles. The van der Waals surface area contributed by atoms with Gasteiger partial charge < -0.3 is 14.2 Å². The SMILES string of the molecule is COc1ccc(-c2[nH]n(-c3ccc(F)cc3)c(=O)c2C(C)=NCC(OC)OC)cc1. The molecule has 7 nitrogen and oxygen atoms in total. The summed E-state index contributed by atoms with van der Waals surface area (Å²) in [5.74, 6) is 0.325. The minimum Gasteiger partial charge on any atom is -0.497 e. The highest BCUT2D eigenvalue weighted by atomic mass is 19.1. The van der Waals surface area contributed by atoms with Crippen LogP contribution in [0.25, 0.3) is 16.9 Å². The predicted molar refractivity (Wildman–Crippen MR) is 113 cm³/mol. The number of aromatic nitrogens is 2. The number of rotatable bonds is 8. The highest BCUT2D eigenvalue weighted by Crippen LogP contribution is 2.24. The van der Waals surface area contributed by atoms with Gasteiger partial charge in [-0.2, -0.15) is 0 Å². The van der Waals surface area contributed by atoms with Crippen molar-refractivity contribution in [2.45, 2.75) is 13.2 Å². The number of hydrogen-bond donors (Lipinski definition) is 1. The molecule has 0 fully saturated rings. The summed E-state index contributed by atoms with van der Waals surface area (Å²) in [5, 5.41) is 3.13. The fraction of sp³-hybridized carbons (Fsp3) is 0.273. The Kier molecular flexibility index (Phi) is 6.81. The van der Waals surface area contributed by atoms with Crippen molar-refractivity contribution in [2.75, 3.05) is 27.9 Å². The van der Waals surface area contributed by atoms with E-state index in [4.69, 9.17) is 14.2 Å². The van der Waals surface area contributed by atoms with Gasteiger partial charge >= 0.3 is 0 Å². The lowest BCUT2D eigenvalue weighted by Crippen LogP contribution is -2.21. The van der Waals surface area contributed by atoms with Gasteiger partial charge in [0.2, 0.25) is 0 Å². The molecule has 0 bridgehead atoms. The maximum atomic E-state index is 13.3. The third-order valence-electron chi connectivity index (χ3n) is 4.72. The van der Waals surface area contributed by atoms with Gasteiger partial charge in [-0.05, 0) is 55.5 Å². The number of methoxy groups -OCH3 is 3. The molecule has 158 valence electrons. The fourth-order valence-corrected chi connectivity index (χ4v) is 3.05. The molecule has 1 heterocycles. The number of halogens is 1. The van der Waals surface area contributed by atoms with Crippen LogP contribution in [0.5, 0.6) is 5.75 Å². The van der Waals surface area contributed by atoms with Crippen LogP contribution < -0.4 is 10.3 Å². The summed E-state index contributed by atoms with van der Waals surface area (Å²) in [6, 6.07) is 13.0. The molecule has 0 aliphatic rings. The van der Waals surface area contributed by atoms with Crippen LogP contribution in [0.3, 0.4) is 0 Å². The monoisotopic (exact) mass is 413 g/mol. The van der Waals surface area contributed by atoms with Crippen molar-refractivity contribution in [3.63, 3.8) is 0 Å². The second kappa shape index (κ2) is 9.51. The Labute approximate surface area is 173 Å². The minimum atomic E-state index is -0.511. The van der Waals surface area contributed by atoms with Crippen LogP contribution in [0.1, 0.15) is 12.5 Å². The normalized spacial score (nSPS) is 11.9. The van der Waals surface area contributed by atoms with Gasteiger partial charge in [0.05, 0.1) is 30.6 Å². The Morgan fingerprint density at radius 3 is 2.27 bits per heavy atom. The number of aromatic amines is 1. The Hall–Kier alpha value is -3.23. The maximum Gasteiger partial charge on any atom is 0.280 e. The van der Waals surface area contributed by atoms with Crippen LogP contribution >= 0.6 is 0 Å². The third-order valence-corrected chi connectivity index (χ3v) is 4.72. The van der Waals surface area contributed by atoms with E-state index in [1.54, 1.807) is 14.0 Å². The van der Waals surface area contributed by atoms with Gasteiger partial charge in [0.1, 0.15) is 11.6 Å². The van der Waals surface area contributed by atoms with Crippen molar-refractivity contribution in [1.82, 2.24) is 9.78 Å². The van der Waals surface area contributed by atoms with Gasteiger partial charge in [-0.25, -0.2) is 9.07 Å². The lowest BCUT2D eigenvalue weighted by Gasteiger charge is -2.10. The number of ether oxygens (including phenoxy) is 3. The van der Waals surface area contributed by atoms with Gasteiger partial charge in [-0.3, -0.25) is 14.9 Å². The first-order valence-electron chi connectivity index (χ1n) is 9.31. The van der Waals surface area contributed by atoms with Gasteiger partial charge in [0, 0.05) is 25.5 Å². The van der Waals surface area contributed by atoms with Crippen molar-refractivity contribution in [3.05, 3.63) is 70.3 Å². The van der Waals surface area contributed by atoms with Crippen LogP contribution in [0.2, 0.25) is 0 Å². The van der Waals surface area contributed by atoms with E-state index in [1.165, 1.54) is 43.2 Å². The van der Waals surface area contributed by atoms with Crippen molar-refractivity contribution < 1.29 is 18.6 Å². The van der Waals surface area contributed by atoms with Crippen molar-refractivity contribution in [2.24, 2.45) is 4.99 Å². The molecular weight excluding hydrogens is 389 g/mol. The number of nitrogens with one attached hydrogen (secondary N) is 1. The molecule has 2 aromatic carbocycles. The van der Waals surface area contributed by atoms with Gasteiger partial charge in [-0.1, -0.05) is 0 Å². The molecular formula is C22H24FN3O4. The number of benzene rings is 2. The first kappa shape index (κ1) is 21.5. The molecule has 0 aliphatic heterocycles. The number of hydrogen-bond acceptors (Lipinski definition) is 5. The molecule has 0 amide bonds. The summed E-state index contributed by atoms with van der Waals surface area (Å²) in [4.78, 5) is 17.8. The van der Waals surface area contributed by atoms with E-state index >= 15 is 0 Å². The molecule has 0 spiro atoms. The lowest BCUT2D eigenvalue weighted by atomic mass is 10.1. The van der Waals surface area contributed by atoms with Crippen molar-refractivity contribution in [3.8, 4) is 22.7 Å². The zero-order chi connectivity index (χ0) is 21.7. The second-order valence-electron chi connectivity index (χ2n) is 6.53. The van der Waals surface area contributed by atoms with Crippen molar-refractivity contribution >= 4 is 5.71 Å². The summed E-state index contributed by atoms with van der Waals surface area (Å²) < 4.78 is 30.3. The van der Waals surface area contributed by atoms with E-state index in [2.05, 4.69) is 10.1 Å². The molecule has 1 aromatic heterocycles. The summed E-state index contributed by atoms with van der Waals surface area (Å²) >= 11 is 0. The topological polar surface area (TPSA) is 77.8 Å².